The Bertz CT molecular complexity index is 431. The number of rotatable bonds is 2. The molecular weight excluding hydrogens is 194 g/mol. The number of H-pyrrole nitrogens is 1. The van der Waals surface area contributed by atoms with E-state index in [9.17, 15) is 0 Å². The molecule has 2 rings (SSSR count). The van der Waals surface area contributed by atoms with Gasteiger partial charge in [-0.1, -0.05) is 36.5 Å². The number of aromatic nitrogens is 2. The van der Waals surface area contributed by atoms with Crippen LogP contribution in [0.15, 0.2) is 36.7 Å². The van der Waals surface area contributed by atoms with Crippen molar-refractivity contribution in [1.29, 1.82) is 0 Å². The minimum absolute atomic E-state index is 0.413. The van der Waals surface area contributed by atoms with Crippen molar-refractivity contribution in [1.82, 2.24) is 9.97 Å². The van der Waals surface area contributed by atoms with E-state index in [0.29, 0.717) is 4.99 Å². The summed E-state index contributed by atoms with van der Waals surface area (Å²) in [7, 11) is 0. The minimum atomic E-state index is 0.413. The second kappa shape index (κ2) is 3.59. The summed E-state index contributed by atoms with van der Waals surface area (Å²) in [5, 5.41) is 0. The fourth-order valence-corrected chi connectivity index (χ4v) is 1.35. The Hall–Kier alpha value is -1.68. The molecule has 0 atom stereocenters. The zero-order valence-corrected chi connectivity index (χ0v) is 8.21. The number of nitrogens with two attached hydrogens (primary N) is 1. The maximum absolute atomic E-state index is 5.49. The quantitative estimate of drug-likeness (QED) is 0.730. The number of nitrogens with zero attached hydrogens (tertiary/aromatic N) is 1. The predicted molar refractivity (Wildman–Crippen MR) is 59.9 cm³/mol. The molecule has 0 amide bonds. The molecule has 0 radical (unpaired) electrons. The van der Waals surface area contributed by atoms with Gasteiger partial charge >= 0.3 is 0 Å². The molecule has 2 aromatic rings. The number of imidazole rings is 1. The van der Waals surface area contributed by atoms with Crippen LogP contribution in [0.25, 0.3) is 11.4 Å². The average Bonchev–Trinajstić information content (AvgIpc) is 2.71. The maximum atomic E-state index is 5.49. The third-order valence-electron chi connectivity index (χ3n) is 1.94. The number of benzene rings is 1. The van der Waals surface area contributed by atoms with E-state index in [4.69, 9.17) is 18.0 Å². The van der Waals surface area contributed by atoms with Gasteiger partial charge in [0, 0.05) is 23.5 Å². The van der Waals surface area contributed by atoms with Crippen molar-refractivity contribution < 1.29 is 0 Å². The first-order valence-electron chi connectivity index (χ1n) is 4.17. The molecule has 3 nitrogen and oxygen atoms in total. The molecule has 3 N–H and O–H groups in total. The van der Waals surface area contributed by atoms with Gasteiger partial charge in [-0.05, 0) is 0 Å². The summed E-state index contributed by atoms with van der Waals surface area (Å²) in [4.78, 5) is 7.58. The third kappa shape index (κ3) is 1.65. The number of hydrogen-bond acceptors (Lipinski definition) is 2. The molecule has 0 saturated heterocycles. The van der Waals surface area contributed by atoms with Crippen LogP contribution in [0.5, 0.6) is 0 Å². The van der Waals surface area contributed by atoms with Gasteiger partial charge in [-0.3, -0.25) is 0 Å². The lowest BCUT2D eigenvalue weighted by atomic mass is 10.1. The lowest BCUT2D eigenvalue weighted by Gasteiger charge is -1.99. The van der Waals surface area contributed by atoms with E-state index in [1.807, 2.05) is 24.3 Å². The Morgan fingerprint density at radius 3 is 2.50 bits per heavy atom. The zero-order valence-electron chi connectivity index (χ0n) is 7.40. The highest BCUT2D eigenvalue weighted by Crippen LogP contribution is 2.14. The zero-order chi connectivity index (χ0) is 9.97. The van der Waals surface area contributed by atoms with Gasteiger partial charge in [-0.15, -0.1) is 0 Å². The van der Waals surface area contributed by atoms with Crippen LogP contribution >= 0.6 is 12.2 Å². The summed E-state index contributed by atoms with van der Waals surface area (Å²) in [5.74, 6) is 0.847. The Morgan fingerprint density at radius 1 is 1.29 bits per heavy atom. The highest BCUT2D eigenvalue weighted by atomic mass is 32.1. The lowest BCUT2D eigenvalue weighted by molar-refractivity contribution is 1.31. The second-order valence-corrected chi connectivity index (χ2v) is 3.32. The van der Waals surface area contributed by atoms with Crippen LogP contribution in [-0.2, 0) is 0 Å². The second-order valence-electron chi connectivity index (χ2n) is 2.88. The standard InChI is InChI=1S/C10H9N3S/c11-9(14)7-1-3-8(4-2-7)10-12-5-6-13-10/h1-6H,(H2,11,14)(H,12,13). The highest BCUT2D eigenvalue weighted by molar-refractivity contribution is 7.80. The molecule has 0 aliphatic rings. The van der Waals surface area contributed by atoms with Crippen molar-refractivity contribution in [3.05, 3.63) is 42.2 Å². The molecule has 0 spiro atoms. The number of aromatic amines is 1. The Kier molecular flexibility index (Phi) is 2.28. The molecule has 0 aliphatic heterocycles. The number of hydrogen-bond donors (Lipinski definition) is 2. The monoisotopic (exact) mass is 203 g/mol. The van der Waals surface area contributed by atoms with E-state index >= 15 is 0 Å². The molecule has 0 bridgehead atoms. The van der Waals surface area contributed by atoms with Gasteiger partial charge in [0.25, 0.3) is 0 Å². The van der Waals surface area contributed by atoms with Crippen LogP contribution < -0.4 is 5.73 Å². The molecule has 0 unspecified atom stereocenters. The first-order valence-corrected chi connectivity index (χ1v) is 4.58. The molecule has 0 fully saturated rings. The first kappa shape index (κ1) is 8.90. The van der Waals surface area contributed by atoms with Gasteiger partial charge in [0.05, 0.1) is 0 Å². The maximum Gasteiger partial charge on any atom is 0.137 e. The van der Waals surface area contributed by atoms with Gasteiger partial charge in [0.2, 0.25) is 0 Å². The molecule has 1 aromatic heterocycles. The van der Waals surface area contributed by atoms with Crippen LogP contribution in [0.4, 0.5) is 0 Å². The van der Waals surface area contributed by atoms with Crippen molar-refractivity contribution in [2.24, 2.45) is 5.73 Å². The van der Waals surface area contributed by atoms with E-state index in [0.717, 1.165) is 17.0 Å². The Balaban J connectivity index is 2.36. The summed E-state index contributed by atoms with van der Waals surface area (Å²) >= 11 is 4.86. The minimum Gasteiger partial charge on any atom is -0.389 e. The smallest absolute Gasteiger partial charge is 0.137 e. The fourth-order valence-electron chi connectivity index (χ4n) is 1.22. The van der Waals surface area contributed by atoms with E-state index < -0.39 is 0 Å². The summed E-state index contributed by atoms with van der Waals surface area (Å²) in [5.41, 5.74) is 7.38. The predicted octanol–water partition coefficient (Wildman–Crippen LogP) is 1.71. The van der Waals surface area contributed by atoms with Gasteiger partial charge in [-0.2, -0.15) is 0 Å². The molecule has 4 heteroatoms. The van der Waals surface area contributed by atoms with Crippen molar-refractivity contribution in [3.8, 4) is 11.4 Å². The average molecular weight is 203 g/mol. The summed E-state index contributed by atoms with van der Waals surface area (Å²) < 4.78 is 0. The van der Waals surface area contributed by atoms with Crippen LogP contribution in [-0.4, -0.2) is 15.0 Å². The molecule has 0 aliphatic carbocycles. The SMILES string of the molecule is NC(=S)c1ccc(-c2ncc[nH]2)cc1. The van der Waals surface area contributed by atoms with Crippen molar-refractivity contribution in [2.75, 3.05) is 0 Å². The highest BCUT2D eigenvalue weighted by Gasteiger charge is 2.00. The van der Waals surface area contributed by atoms with Gasteiger partial charge < -0.3 is 10.7 Å². The third-order valence-corrected chi connectivity index (χ3v) is 2.18. The first-order chi connectivity index (χ1) is 6.77. The molecule has 0 saturated carbocycles. The van der Waals surface area contributed by atoms with Crippen molar-refractivity contribution >= 4 is 17.2 Å². The van der Waals surface area contributed by atoms with Gasteiger partial charge in [0.15, 0.2) is 0 Å². The van der Waals surface area contributed by atoms with Crippen molar-refractivity contribution in [3.63, 3.8) is 0 Å². The summed E-state index contributed by atoms with van der Waals surface area (Å²) in [6.45, 7) is 0. The number of nitrogens with one attached hydrogen (secondary N) is 1. The fraction of sp³-hybridized carbons (Fsp3) is 0. The Morgan fingerprint density at radius 2 is 2.00 bits per heavy atom. The van der Waals surface area contributed by atoms with E-state index in [1.54, 1.807) is 12.4 Å². The molecule has 14 heavy (non-hydrogen) atoms. The number of thiocarbonyl (C=S) groups is 1. The molecule has 1 aromatic carbocycles. The summed E-state index contributed by atoms with van der Waals surface area (Å²) in [6.07, 6.45) is 3.51. The van der Waals surface area contributed by atoms with E-state index in [-0.39, 0.29) is 0 Å². The molecule has 1 heterocycles. The van der Waals surface area contributed by atoms with Crippen LogP contribution in [0.1, 0.15) is 5.56 Å². The topological polar surface area (TPSA) is 54.7 Å². The van der Waals surface area contributed by atoms with Crippen LogP contribution in [0.3, 0.4) is 0 Å². The van der Waals surface area contributed by atoms with Crippen LogP contribution in [0.2, 0.25) is 0 Å². The van der Waals surface area contributed by atoms with E-state index in [1.165, 1.54) is 0 Å². The van der Waals surface area contributed by atoms with Crippen molar-refractivity contribution in [2.45, 2.75) is 0 Å². The lowest BCUT2D eigenvalue weighted by Crippen LogP contribution is -2.08. The Labute approximate surface area is 87.0 Å². The largest absolute Gasteiger partial charge is 0.389 e. The van der Waals surface area contributed by atoms with Gasteiger partial charge in [-0.25, -0.2) is 4.98 Å². The van der Waals surface area contributed by atoms with E-state index in [2.05, 4.69) is 9.97 Å². The summed E-state index contributed by atoms with van der Waals surface area (Å²) in [6, 6.07) is 7.65. The molecule has 70 valence electrons. The normalized spacial score (nSPS) is 10.0. The van der Waals surface area contributed by atoms with Crippen LogP contribution in [0, 0.1) is 0 Å². The molecular formula is C10H9N3S. The van der Waals surface area contributed by atoms with Gasteiger partial charge in [0.1, 0.15) is 10.8 Å².